The molecule has 1 aromatic heterocycles. The monoisotopic (exact) mass is 389 g/mol. The van der Waals surface area contributed by atoms with Gasteiger partial charge < -0.3 is 25.1 Å². The summed E-state index contributed by atoms with van der Waals surface area (Å²) in [6.07, 6.45) is 5.35. The molecule has 0 unspecified atom stereocenters. The third kappa shape index (κ3) is 2.97. The van der Waals surface area contributed by atoms with Crippen LogP contribution < -0.4 is 10.6 Å². The molecule has 144 valence electrons. The van der Waals surface area contributed by atoms with Gasteiger partial charge in [-0.3, -0.25) is 4.79 Å². The number of hydrogen-bond donors (Lipinski definition) is 3. The van der Waals surface area contributed by atoms with E-state index in [1.807, 2.05) is 6.07 Å². The van der Waals surface area contributed by atoms with Gasteiger partial charge in [0.2, 0.25) is 0 Å². The molecule has 2 aliphatic rings. The number of nitrogens with zero attached hydrogens (tertiary/aromatic N) is 1. The lowest BCUT2D eigenvalue weighted by atomic mass is 9.74. The maximum Gasteiger partial charge on any atom is 0.289 e. The number of carbonyl (C=O) groups is 1. The fraction of sp³-hybridized carbons (Fsp3) is 0.450. The van der Waals surface area contributed by atoms with Crippen LogP contribution in [-0.2, 0) is 5.54 Å². The summed E-state index contributed by atoms with van der Waals surface area (Å²) in [5, 5.41) is 17.3. The average molecular weight is 390 g/mol. The van der Waals surface area contributed by atoms with Crippen molar-refractivity contribution in [2.45, 2.75) is 37.6 Å². The van der Waals surface area contributed by atoms with Crippen LogP contribution in [0.25, 0.3) is 11.0 Å². The number of fused-ring (bicyclic) bond motifs is 4. The van der Waals surface area contributed by atoms with Crippen molar-refractivity contribution in [3.63, 3.8) is 0 Å². The molecule has 0 saturated heterocycles. The van der Waals surface area contributed by atoms with Crippen LogP contribution in [0.1, 0.15) is 48.2 Å². The molecule has 1 aliphatic carbocycles. The van der Waals surface area contributed by atoms with Gasteiger partial charge in [0, 0.05) is 24.5 Å². The van der Waals surface area contributed by atoms with Crippen LogP contribution in [0, 0.1) is 0 Å². The van der Waals surface area contributed by atoms with Crippen LogP contribution >= 0.6 is 11.6 Å². The zero-order chi connectivity index (χ0) is 19.2. The molecule has 1 saturated carbocycles. The summed E-state index contributed by atoms with van der Waals surface area (Å²) in [7, 11) is 1.64. The van der Waals surface area contributed by atoms with Crippen LogP contribution in [0.3, 0.4) is 0 Å². The highest BCUT2D eigenvalue weighted by molar-refractivity contribution is 6.34. The van der Waals surface area contributed by atoms with Gasteiger partial charge >= 0.3 is 0 Å². The van der Waals surface area contributed by atoms with E-state index in [2.05, 4.69) is 17.2 Å². The summed E-state index contributed by atoms with van der Waals surface area (Å²) in [5.41, 5.74) is 2.20. The van der Waals surface area contributed by atoms with Gasteiger partial charge in [0.15, 0.2) is 5.76 Å². The molecule has 7 heteroatoms. The van der Waals surface area contributed by atoms with Crippen molar-refractivity contribution in [1.29, 1.82) is 0 Å². The summed E-state index contributed by atoms with van der Waals surface area (Å²) in [5.74, 6) is 0.723. The zero-order valence-corrected chi connectivity index (χ0v) is 16.2. The fourth-order valence-electron chi connectivity index (χ4n) is 4.34. The van der Waals surface area contributed by atoms with E-state index in [0.29, 0.717) is 10.6 Å². The molecule has 6 nitrogen and oxygen atoms in total. The van der Waals surface area contributed by atoms with Gasteiger partial charge in [-0.05, 0) is 25.0 Å². The second kappa shape index (κ2) is 6.77. The number of carbonyl (C=O) groups excluding carboxylic acids is 1. The Morgan fingerprint density at radius 3 is 2.81 bits per heavy atom. The van der Waals surface area contributed by atoms with Gasteiger partial charge in [0.05, 0.1) is 28.7 Å². The highest BCUT2D eigenvalue weighted by Crippen LogP contribution is 2.49. The molecule has 27 heavy (non-hydrogen) atoms. The third-order valence-corrected chi connectivity index (χ3v) is 5.90. The molecule has 3 N–H and O–H groups in total. The topological polar surface area (TPSA) is 77.7 Å². The number of benzene rings is 1. The van der Waals surface area contributed by atoms with E-state index in [1.165, 1.54) is 11.3 Å². The molecule has 1 amide bonds. The Labute approximate surface area is 163 Å². The van der Waals surface area contributed by atoms with Crippen LogP contribution in [0.2, 0.25) is 5.02 Å². The number of anilines is 1. The van der Waals surface area contributed by atoms with Crippen molar-refractivity contribution < 1.29 is 14.3 Å². The number of amides is 1. The van der Waals surface area contributed by atoms with Crippen LogP contribution in [0.15, 0.2) is 28.9 Å². The maximum absolute atomic E-state index is 12.6. The predicted molar refractivity (Wildman–Crippen MR) is 106 cm³/mol. The minimum absolute atomic E-state index is 0.0945. The number of nitrogens with one attached hydrogen (secondary N) is 2. The fourth-order valence-corrected chi connectivity index (χ4v) is 4.60. The van der Waals surface area contributed by atoms with Crippen molar-refractivity contribution in [3.05, 3.63) is 40.9 Å². The summed E-state index contributed by atoms with van der Waals surface area (Å²) in [6, 6.07) is 3.56. The number of aliphatic hydroxyl groups excluding tert-OH is 1. The standard InChI is InChI=1S/C20H24ClN3O3/c1-12-22-17-14(21)10-13-11-15(19(26)24(2)8-9-25)27-18(13)16(17)20(23-12)6-4-3-5-7-20/h10-11,22-23,25H,1,3-9H2,2H3. The minimum atomic E-state index is -0.283. The Bertz CT molecular complexity index is 915. The molecule has 1 spiro atoms. The van der Waals surface area contributed by atoms with Gasteiger partial charge in [-0.1, -0.05) is 37.4 Å². The molecule has 1 aromatic carbocycles. The first-order valence-electron chi connectivity index (χ1n) is 9.32. The second-order valence-corrected chi connectivity index (χ2v) is 7.87. The molecular formula is C20H24ClN3O3. The highest BCUT2D eigenvalue weighted by atomic mass is 35.5. The summed E-state index contributed by atoms with van der Waals surface area (Å²) in [6.45, 7) is 4.22. The Morgan fingerprint density at radius 2 is 2.11 bits per heavy atom. The Kier molecular flexibility index (Phi) is 4.56. The molecule has 0 bridgehead atoms. The number of hydrogen-bond acceptors (Lipinski definition) is 5. The maximum atomic E-state index is 12.6. The quantitative estimate of drug-likeness (QED) is 0.744. The highest BCUT2D eigenvalue weighted by Gasteiger charge is 2.42. The lowest BCUT2D eigenvalue weighted by Crippen LogP contribution is -2.48. The van der Waals surface area contributed by atoms with E-state index in [4.69, 9.17) is 21.1 Å². The first-order chi connectivity index (χ1) is 12.9. The summed E-state index contributed by atoms with van der Waals surface area (Å²) >= 11 is 6.59. The second-order valence-electron chi connectivity index (χ2n) is 7.46. The SMILES string of the molecule is C=C1Nc2c(Cl)cc3cc(C(=O)N(C)CCO)oc3c2C2(CCCCC2)N1. The van der Waals surface area contributed by atoms with Crippen LogP contribution in [0.5, 0.6) is 0 Å². The van der Waals surface area contributed by atoms with E-state index in [0.717, 1.165) is 48.1 Å². The molecule has 4 rings (SSSR count). The molecule has 0 atom stereocenters. The third-order valence-electron chi connectivity index (χ3n) is 5.60. The number of aliphatic hydroxyl groups is 1. The van der Waals surface area contributed by atoms with Crippen molar-refractivity contribution >= 4 is 34.2 Å². The molecule has 0 radical (unpaired) electrons. The van der Waals surface area contributed by atoms with Crippen molar-refractivity contribution in [2.24, 2.45) is 0 Å². The minimum Gasteiger partial charge on any atom is -0.450 e. The lowest BCUT2D eigenvalue weighted by Gasteiger charge is -2.44. The van der Waals surface area contributed by atoms with Gasteiger partial charge in [-0.2, -0.15) is 0 Å². The lowest BCUT2D eigenvalue weighted by molar-refractivity contribution is 0.0737. The normalized spacial score (nSPS) is 18.1. The number of rotatable bonds is 3. The van der Waals surface area contributed by atoms with Crippen LogP contribution in [0.4, 0.5) is 5.69 Å². The Morgan fingerprint density at radius 1 is 1.37 bits per heavy atom. The van der Waals surface area contributed by atoms with E-state index in [-0.39, 0.29) is 30.4 Å². The van der Waals surface area contributed by atoms with E-state index in [9.17, 15) is 4.79 Å². The number of furan rings is 1. The average Bonchev–Trinajstić information content (AvgIpc) is 3.05. The summed E-state index contributed by atoms with van der Waals surface area (Å²) in [4.78, 5) is 14.1. The molecule has 2 heterocycles. The molecule has 1 aliphatic heterocycles. The predicted octanol–water partition coefficient (Wildman–Crippen LogP) is 3.80. The van der Waals surface area contributed by atoms with Gasteiger partial charge in [0.25, 0.3) is 5.91 Å². The molecule has 1 fully saturated rings. The van der Waals surface area contributed by atoms with Gasteiger partial charge in [-0.15, -0.1) is 0 Å². The first kappa shape index (κ1) is 18.2. The smallest absolute Gasteiger partial charge is 0.289 e. The van der Waals surface area contributed by atoms with Crippen molar-refractivity contribution in [2.75, 3.05) is 25.5 Å². The van der Waals surface area contributed by atoms with E-state index >= 15 is 0 Å². The first-order valence-corrected chi connectivity index (χ1v) is 9.70. The largest absolute Gasteiger partial charge is 0.450 e. The van der Waals surface area contributed by atoms with Crippen LogP contribution in [-0.4, -0.2) is 36.1 Å². The van der Waals surface area contributed by atoms with Crippen molar-refractivity contribution in [3.8, 4) is 0 Å². The van der Waals surface area contributed by atoms with Gasteiger partial charge in [0.1, 0.15) is 5.58 Å². The van der Waals surface area contributed by atoms with E-state index in [1.54, 1.807) is 13.1 Å². The molecule has 2 aromatic rings. The van der Waals surface area contributed by atoms with Crippen molar-refractivity contribution in [1.82, 2.24) is 10.2 Å². The number of likely N-dealkylation sites (N-methyl/N-ethyl adjacent to an activating group) is 1. The Hall–Kier alpha value is -2.18. The number of halogens is 1. The summed E-state index contributed by atoms with van der Waals surface area (Å²) < 4.78 is 6.07. The molecular weight excluding hydrogens is 366 g/mol. The van der Waals surface area contributed by atoms with E-state index < -0.39 is 0 Å². The van der Waals surface area contributed by atoms with Gasteiger partial charge in [-0.25, -0.2) is 0 Å². The zero-order valence-electron chi connectivity index (χ0n) is 15.4. The Balaban J connectivity index is 1.89.